The molecule has 6 aromatic rings. The van der Waals surface area contributed by atoms with Gasteiger partial charge in [0.1, 0.15) is 28.6 Å². The van der Waals surface area contributed by atoms with Gasteiger partial charge in [-0.25, -0.2) is 30.7 Å². The van der Waals surface area contributed by atoms with Crippen molar-refractivity contribution in [2.24, 2.45) is 17.8 Å². The van der Waals surface area contributed by atoms with Crippen molar-refractivity contribution >= 4 is 23.0 Å². The average Bonchev–Trinajstić information content (AvgIpc) is 1.61. The van der Waals surface area contributed by atoms with Gasteiger partial charge in [-0.15, -0.1) is 0 Å². The number of carbonyl (C=O) groups is 3. The van der Waals surface area contributed by atoms with Crippen molar-refractivity contribution in [3.8, 4) is 34.5 Å². The highest BCUT2D eigenvalue weighted by Gasteiger charge is 2.54. The van der Waals surface area contributed by atoms with Crippen LogP contribution in [0.5, 0.6) is 34.5 Å². The second-order valence-electron chi connectivity index (χ2n) is 29.2. The molecule has 6 heterocycles. The quantitative estimate of drug-likeness (QED) is 0.0326. The molecule has 15 rings (SSSR count). The van der Waals surface area contributed by atoms with Gasteiger partial charge in [0.2, 0.25) is 0 Å². The number of ketones is 3. The number of alkyl halides is 3. The van der Waals surface area contributed by atoms with Crippen LogP contribution in [0.25, 0.3) is 0 Å². The lowest BCUT2D eigenvalue weighted by molar-refractivity contribution is -0.385. The van der Waals surface area contributed by atoms with Crippen LogP contribution in [-0.2, 0) is 38.9 Å². The van der Waals surface area contributed by atoms with E-state index in [0.29, 0.717) is 126 Å². The summed E-state index contributed by atoms with van der Waals surface area (Å²) in [7, 11) is 9.24. The van der Waals surface area contributed by atoms with Gasteiger partial charge in [-0.05, 0) is 181 Å². The maximum absolute atomic E-state index is 16.2. The molecule has 532 valence electrons. The van der Waals surface area contributed by atoms with E-state index < -0.39 is 46.3 Å². The fourth-order valence-corrected chi connectivity index (χ4v) is 18.7. The Labute approximate surface area is 577 Å². The highest BCUT2D eigenvalue weighted by Crippen LogP contribution is 2.53. The molecular weight excluding hydrogens is 1300 g/mol. The van der Waals surface area contributed by atoms with Gasteiger partial charge in [0.25, 0.3) is 5.69 Å². The molecule has 0 amide bonds. The summed E-state index contributed by atoms with van der Waals surface area (Å²) in [5.41, 5.74) is 1.63. The average molecular weight is 1390 g/mol. The van der Waals surface area contributed by atoms with Crippen LogP contribution in [0.2, 0.25) is 0 Å². The first-order chi connectivity index (χ1) is 47.9. The highest BCUT2D eigenvalue weighted by molar-refractivity contribution is 6.04. The first-order valence-electron chi connectivity index (χ1n) is 34.7. The molecule has 100 heavy (non-hydrogen) atoms. The summed E-state index contributed by atoms with van der Waals surface area (Å²) in [6.07, 6.45) is 9.22. The number of fused-ring (bicyclic) bond motifs is 9. The van der Waals surface area contributed by atoms with Crippen molar-refractivity contribution in [2.75, 3.05) is 42.7 Å². The van der Waals surface area contributed by atoms with Gasteiger partial charge in [0.05, 0.1) is 47.6 Å². The lowest BCUT2D eigenvalue weighted by atomic mass is 9.79. The molecule has 6 bridgehead atoms. The third kappa shape index (κ3) is 13.9. The standard InChI is InChI=1S/C26H27F4NO3.C26H29F2NO3.C26H29FN2O5/c1-33-23-7-14-5-15(25(32)19(14)8-24(23)34-2)10-26(30)11-17-3-4-18(12-26)31(17)13-16-6-21(28)22(29)9-20(16)27;1-31-23-10-17-9-18(25(30)21(17)11-24(23)32-2)12-26(28)13-19-7-8-20(14-26)29(19)15-16-5-3-4-6-22(16)27;1-33-23-10-17-9-18(25(30)21(17)11-24(23)34-2)12-26(27)13-19-7-8-20(14-26)28(19)15-16-5-3-4-6-22(16)29(31)32/h6-9,15,17-18H,3-5,10-13H2,1-2H3;3-6,10-11,18-20H,7-9,12-15H2,1-2H3;3-6,10-11,18-20H,7-9,12-15H2,1-2H3. The zero-order chi connectivity index (χ0) is 70.7. The highest BCUT2D eigenvalue weighted by atomic mass is 19.2. The Morgan fingerprint density at radius 2 is 0.700 bits per heavy atom. The molecule has 0 spiro atoms. The lowest BCUT2D eigenvalue weighted by Gasteiger charge is -2.43. The lowest BCUT2D eigenvalue weighted by Crippen LogP contribution is -2.49. The molecule has 9 aliphatic rings. The Hall–Kier alpha value is -8.08. The molecule has 22 heteroatoms. The number of hydrogen-bond donors (Lipinski definition) is 0. The van der Waals surface area contributed by atoms with Crippen molar-refractivity contribution in [2.45, 2.75) is 188 Å². The number of nitro groups is 1. The Morgan fingerprint density at radius 1 is 0.400 bits per heavy atom. The number of ether oxygens (including phenoxy) is 6. The second kappa shape index (κ2) is 28.4. The van der Waals surface area contributed by atoms with Crippen molar-refractivity contribution in [3.63, 3.8) is 0 Å². The number of piperidine rings is 3. The van der Waals surface area contributed by atoms with Crippen molar-refractivity contribution in [1.29, 1.82) is 0 Å². The number of halogens is 7. The van der Waals surface area contributed by atoms with E-state index in [0.717, 1.165) is 61.3 Å². The molecule has 6 fully saturated rings. The molecule has 0 aromatic heterocycles. The normalized spacial score (nSPS) is 28.5. The van der Waals surface area contributed by atoms with Crippen molar-refractivity contribution in [1.82, 2.24) is 14.7 Å². The summed E-state index contributed by atoms with van der Waals surface area (Å²) >= 11 is 0. The monoisotopic (exact) mass is 1390 g/mol. The first-order valence-corrected chi connectivity index (χ1v) is 34.7. The third-order valence-corrected chi connectivity index (χ3v) is 23.2. The predicted octanol–water partition coefficient (Wildman–Crippen LogP) is 15.4. The SMILES string of the molecule is COc1cc2c(cc1OC)C(=O)C(CC1(F)CC3CCC(C1)N3Cc1cc(F)c(F)cc1F)C2.COc1cc2c(cc1OC)C(=O)C(CC1(F)CC3CCC(C1)N3Cc1ccccc1F)C2.COc1cc2c(cc1OC)C(=O)C(CC1(F)CC3CCC(C1)N3Cc1ccccc1[N+](=O)[O-])C2. The summed E-state index contributed by atoms with van der Waals surface area (Å²) in [6.45, 7) is 1.09. The van der Waals surface area contributed by atoms with Gasteiger partial charge in [-0.2, -0.15) is 0 Å². The summed E-state index contributed by atoms with van der Waals surface area (Å²) in [5, 5.41) is 11.4. The minimum atomic E-state index is -1.51. The molecular formula is C78H85F7N4O11. The molecule has 6 saturated heterocycles. The van der Waals surface area contributed by atoms with E-state index in [-0.39, 0.29) is 120 Å². The number of methoxy groups -OCH3 is 6. The van der Waals surface area contributed by atoms with Crippen LogP contribution in [0.1, 0.15) is 161 Å². The molecule has 9 atom stereocenters. The van der Waals surface area contributed by atoms with Gasteiger partial charge >= 0.3 is 0 Å². The number of nitro benzene ring substituents is 1. The van der Waals surface area contributed by atoms with Gasteiger partial charge < -0.3 is 28.4 Å². The minimum absolute atomic E-state index is 0.000823. The molecule has 6 aliphatic heterocycles. The summed E-state index contributed by atoms with van der Waals surface area (Å²) in [6, 6.07) is 25.6. The maximum Gasteiger partial charge on any atom is 0.273 e. The van der Waals surface area contributed by atoms with Crippen LogP contribution >= 0.6 is 0 Å². The molecule has 9 unspecified atom stereocenters. The van der Waals surface area contributed by atoms with E-state index in [1.165, 1.54) is 33.5 Å². The fourth-order valence-electron chi connectivity index (χ4n) is 18.7. The number of hydrogen-bond acceptors (Lipinski definition) is 14. The van der Waals surface area contributed by atoms with E-state index >= 15 is 13.2 Å². The molecule has 0 saturated carbocycles. The number of para-hydroxylation sites is 1. The summed E-state index contributed by atoms with van der Waals surface area (Å²) < 4.78 is 136. The number of nitrogens with zero attached hydrogens (tertiary/aromatic N) is 4. The van der Waals surface area contributed by atoms with Crippen LogP contribution in [0.4, 0.5) is 36.4 Å². The van der Waals surface area contributed by atoms with Gasteiger partial charge in [0.15, 0.2) is 63.5 Å². The Bertz CT molecular complexity index is 4100. The number of benzene rings is 6. The third-order valence-electron chi connectivity index (χ3n) is 23.2. The van der Waals surface area contributed by atoms with Crippen LogP contribution in [-0.4, -0.2) is 133 Å². The van der Waals surface area contributed by atoms with Gasteiger partial charge in [-0.1, -0.05) is 36.4 Å². The zero-order valence-electron chi connectivity index (χ0n) is 57.2. The minimum Gasteiger partial charge on any atom is -0.493 e. The van der Waals surface area contributed by atoms with Gasteiger partial charge in [-0.3, -0.25) is 39.2 Å². The number of carbonyl (C=O) groups excluding carboxylic acids is 3. The molecule has 6 aromatic carbocycles. The number of Topliss-reactive ketones (excluding diaryl/α,β-unsaturated/α-hetero) is 3. The zero-order valence-corrected chi connectivity index (χ0v) is 57.2. The Balaban J connectivity index is 0.000000134. The van der Waals surface area contributed by atoms with Crippen molar-refractivity contribution < 1.29 is 78.5 Å². The van der Waals surface area contributed by atoms with Crippen LogP contribution in [0, 0.1) is 51.1 Å². The van der Waals surface area contributed by atoms with Gasteiger partial charge in [0, 0.05) is 119 Å². The first kappa shape index (κ1) is 70.4. The smallest absolute Gasteiger partial charge is 0.273 e. The maximum atomic E-state index is 16.2. The van der Waals surface area contributed by atoms with Crippen molar-refractivity contribution in [3.05, 3.63) is 181 Å². The fraction of sp³-hybridized carbons (Fsp3) is 0.500. The van der Waals surface area contributed by atoms with Crippen LogP contribution in [0.3, 0.4) is 0 Å². The summed E-state index contributed by atoms with van der Waals surface area (Å²) in [5.74, 6) is -1.40. The molecule has 0 N–H and O–H groups in total. The van der Waals surface area contributed by atoms with Crippen LogP contribution in [0.15, 0.2) is 97.1 Å². The van der Waals surface area contributed by atoms with E-state index in [1.54, 1.807) is 69.9 Å². The number of rotatable bonds is 19. The molecule has 3 aliphatic carbocycles. The predicted molar refractivity (Wildman–Crippen MR) is 359 cm³/mol. The van der Waals surface area contributed by atoms with E-state index in [2.05, 4.69) is 9.80 Å². The molecule has 15 nitrogen and oxygen atoms in total. The van der Waals surface area contributed by atoms with E-state index in [1.807, 2.05) is 29.2 Å². The van der Waals surface area contributed by atoms with E-state index in [9.17, 15) is 42.1 Å². The second-order valence-corrected chi connectivity index (χ2v) is 29.2. The van der Waals surface area contributed by atoms with E-state index in [4.69, 9.17) is 28.4 Å². The summed E-state index contributed by atoms with van der Waals surface area (Å²) in [4.78, 5) is 56.9. The van der Waals surface area contributed by atoms with Crippen LogP contribution < -0.4 is 28.4 Å². The largest absolute Gasteiger partial charge is 0.493 e. The Kier molecular flexibility index (Phi) is 20.0. The topological polar surface area (TPSA) is 159 Å². The Morgan fingerprint density at radius 3 is 1.04 bits per heavy atom. The molecule has 0 radical (unpaired) electrons.